The molecular formula is C21H28N2O2. The quantitative estimate of drug-likeness (QED) is 0.599. The number of benzene rings is 2. The van der Waals surface area contributed by atoms with Crippen LogP contribution in [0.15, 0.2) is 41.4 Å². The summed E-state index contributed by atoms with van der Waals surface area (Å²) >= 11 is 0. The number of hydrogen-bond acceptors (Lipinski definition) is 3. The van der Waals surface area contributed by atoms with Gasteiger partial charge in [-0.15, -0.1) is 0 Å². The van der Waals surface area contributed by atoms with E-state index in [1.54, 1.807) is 13.8 Å². The van der Waals surface area contributed by atoms with E-state index in [-0.39, 0.29) is 0 Å². The summed E-state index contributed by atoms with van der Waals surface area (Å²) in [6.45, 7) is 10.6. The van der Waals surface area contributed by atoms with Crippen LogP contribution < -0.4 is 4.74 Å². The van der Waals surface area contributed by atoms with Crippen molar-refractivity contribution in [3.63, 3.8) is 0 Å². The van der Waals surface area contributed by atoms with Gasteiger partial charge in [0.25, 0.3) is 0 Å². The molecule has 0 aromatic heterocycles. The Balaban J connectivity index is 2.27. The molecule has 134 valence electrons. The summed E-state index contributed by atoms with van der Waals surface area (Å²) in [5.41, 5.74) is 2.94. The zero-order chi connectivity index (χ0) is 18.6. The predicted molar refractivity (Wildman–Crippen MR) is 104 cm³/mol. The molecule has 0 saturated heterocycles. The van der Waals surface area contributed by atoms with Crippen LogP contribution in [0.1, 0.15) is 37.5 Å². The Hall–Kier alpha value is -2.33. The van der Waals surface area contributed by atoms with E-state index in [2.05, 4.69) is 11.9 Å². The van der Waals surface area contributed by atoms with Crippen molar-refractivity contribution in [1.82, 2.24) is 4.90 Å². The Bertz CT molecular complexity index is 761. The summed E-state index contributed by atoms with van der Waals surface area (Å²) in [5.74, 6) is 1.51. The van der Waals surface area contributed by atoms with Crippen LogP contribution in [0.5, 0.6) is 11.5 Å². The number of ether oxygens (including phenoxy) is 1. The average Bonchev–Trinajstić information content (AvgIpc) is 2.55. The Morgan fingerprint density at radius 2 is 1.88 bits per heavy atom. The molecule has 0 aliphatic heterocycles. The van der Waals surface area contributed by atoms with Crippen LogP contribution >= 0.6 is 0 Å². The normalized spacial score (nSPS) is 11.8. The number of nitrogens with zero attached hydrogens (tertiary/aromatic N) is 2. The van der Waals surface area contributed by atoms with Crippen molar-refractivity contribution in [2.45, 2.75) is 40.2 Å². The van der Waals surface area contributed by atoms with Crippen LogP contribution in [0.3, 0.4) is 0 Å². The minimum atomic E-state index is -0.895. The monoisotopic (exact) mass is 340 g/mol. The summed E-state index contributed by atoms with van der Waals surface area (Å²) in [5, 5.41) is 10.2. The van der Waals surface area contributed by atoms with E-state index in [9.17, 15) is 5.11 Å². The van der Waals surface area contributed by atoms with E-state index in [4.69, 9.17) is 4.74 Å². The smallest absolute Gasteiger partial charge is 0.130 e. The molecule has 25 heavy (non-hydrogen) atoms. The topological polar surface area (TPSA) is 45.1 Å². The summed E-state index contributed by atoms with van der Waals surface area (Å²) in [6.07, 6.45) is 1.84. The van der Waals surface area contributed by atoms with Gasteiger partial charge >= 0.3 is 0 Å². The Labute approximate surface area is 150 Å². The molecule has 2 aromatic rings. The maximum Gasteiger partial charge on any atom is 0.130 e. The maximum absolute atomic E-state index is 10.2. The van der Waals surface area contributed by atoms with Crippen molar-refractivity contribution in [2.24, 2.45) is 4.99 Å². The Morgan fingerprint density at radius 3 is 2.52 bits per heavy atom. The fourth-order valence-electron chi connectivity index (χ4n) is 2.33. The van der Waals surface area contributed by atoms with Gasteiger partial charge in [0.2, 0.25) is 0 Å². The third-order valence-corrected chi connectivity index (χ3v) is 4.15. The van der Waals surface area contributed by atoms with Gasteiger partial charge in [-0.05, 0) is 75.6 Å². The van der Waals surface area contributed by atoms with Crippen LogP contribution in [-0.2, 0) is 5.60 Å². The van der Waals surface area contributed by atoms with Gasteiger partial charge in [0, 0.05) is 13.6 Å². The Kier molecular flexibility index (Phi) is 5.85. The van der Waals surface area contributed by atoms with Gasteiger partial charge < -0.3 is 14.7 Å². The van der Waals surface area contributed by atoms with Gasteiger partial charge in [0.1, 0.15) is 11.5 Å². The molecule has 1 N–H and O–H groups in total. The molecule has 2 rings (SSSR count). The number of hydrogen-bond donors (Lipinski definition) is 1. The summed E-state index contributed by atoms with van der Waals surface area (Å²) in [4.78, 5) is 6.57. The van der Waals surface area contributed by atoms with Gasteiger partial charge in [-0.25, -0.2) is 4.99 Å². The van der Waals surface area contributed by atoms with Gasteiger partial charge in [-0.2, -0.15) is 0 Å². The van der Waals surface area contributed by atoms with Crippen molar-refractivity contribution < 1.29 is 9.84 Å². The molecule has 0 atom stereocenters. The van der Waals surface area contributed by atoms with Crippen molar-refractivity contribution in [3.8, 4) is 11.5 Å². The molecule has 4 heteroatoms. The second kappa shape index (κ2) is 7.70. The summed E-state index contributed by atoms with van der Waals surface area (Å²) in [6, 6.07) is 11.6. The number of aliphatic imine (C=N–C) groups is 1. The third-order valence-electron chi connectivity index (χ3n) is 4.15. The highest BCUT2D eigenvalue weighted by Crippen LogP contribution is 2.32. The van der Waals surface area contributed by atoms with Gasteiger partial charge in [0.05, 0.1) is 17.6 Å². The van der Waals surface area contributed by atoms with Crippen LogP contribution in [-0.4, -0.2) is 29.9 Å². The summed E-state index contributed by atoms with van der Waals surface area (Å²) in [7, 11) is 2.00. The molecule has 0 fully saturated rings. The number of rotatable bonds is 6. The highest BCUT2D eigenvalue weighted by atomic mass is 16.5. The minimum absolute atomic E-state index is 0.712. The molecule has 2 aromatic carbocycles. The third kappa shape index (κ3) is 5.07. The first kappa shape index (κ1) is 19.0. The van der Waals surface area contributed by atoms with Gasteiger partial charge in [-0.3, -0.25) is 0 Å². The Morgan fingerprint density at radius 1 is 1.16 bits per heavy atom. The molecule has 0 saturated carbocycles. The first-order valence-corrected chi connectivity index (χ1v) is 8.57. The van der Waals surface area contributed by atoms with E-state index in [1.165, 1.54) is 0 Å². The largest absolute Gasteiger partial charge is 0.457 e. The lowest BCUT2D eigenvalue weighted by Crippen LogP contribution is -2.15. The van der Waals surface area contributed by atoms with Crippen LogP contribution in [0.4, 0.5) is 5.69 Å². The molecule has 0 radical (unpaired) electrons. The molecule has 0 amide bonds. The zero-order valence-corrected chi connectivity index (χ0v) is 16.0. The maximum atomic E-state index is 10.2. The van der Waals surface area contributed by atoms with Crippen molar-refractivity contribution >= 4 is 12.0 Å². The van der Waals surface area contributed by atoms with Crippen molar-refractivity contribution in [3.05, 3.63) is 53.1 Å². The molecule has 0 aliphatic rings. The lowest BCUT2D eigenvalue weighted by Gasteiger charge is -2.19. The molecular weight excluding hydrogens is 312 g/mol. The second-order valence-corrected chi connectivity index (χ2v) is 6.91. The van der Waals surface area contributed by atoms with E-state index in [0.29, 0.717) is 5.75 Å². The van der Waals surface area contributed by atoms with Crippen LogP contribution in [0.2, 0.25) is 0 Å². The lowest BCUT2D eigenvalue weighted by molar-refractivity contribution is 0.0784. The first-order valence-electron chi connectivity index (χ1n) is 8.57. The predicted octanol–water partition coefficient (Wildman–Crippen LogP) is 4.93. The van der Waals surface area contributed by atoms with Crippen molar-refractivity contribution in [2.75, 3.05) is 13.6 Å². The average molecular weight is 340 g/mol. The molecule has 4 nitrogen and oxygen atoms in total. The second-order valence-electron chi connectivity index (χ2n) is 6.91. The fraction of sp³-hybridized carbons (Fsp3) is 0.381. The van der Waals surface area contributed by atoms with E-state index < -0.39 is 5.60 Å². The van der Waals surface area contributed by atoms with E-state index in [0.717, 1.165) is 34.7 Å². The zero-order valence-electron chi connectivity index (χ0n) is 16.0. The highest BCUT2D eigenvalue weighted by Gasteiger charge is 2.16. The molecule has 0 spiro atoms. The van der Waals surface area contributed by atoms with E-state index >= 15 is 0 Å². The molecule has 0 bridgehead atoms. The number of aryl methyl sites for hydroxylation is 2. The standard InChI is InChI=1S/C21H28N2O2/c1-7-23(6)14-22-19-11-16(3)20(12-15(19)2)25-18-10-8-9-17(13-18)21(4,5)24/h8-14,24H,7H2,1-6H3. The molecule has 0 heterocycles. The van der Waals surface area contributed by atoms with Gasteiger partial charge in [-0.1, -0.05) is 12.1 Å². The fourth-order valence-corrected chi connectivity index (χ4v) is 2.33. The first-order chi connectivity index (χ1) is 11.7. The number of aliphatic hydroxyl groups is 1. The van der Waals surface area contributed by atoms with E-state index in [1.807, 2.05) is 68.5 Å². The van der Waals surface area contributed by atoms with Gasteiger partial charge in [0.15, 0.2) is 0 Å². The SMILES string of the molecule is CCN(C)C=Nc1cc(C)c(Oc2cccc(C(C)(C)O)c2)cc1C. The molecule has 0 unspecified atom stereocenters. The highest BCUT2D eigenvalue weighted by molar-refractivity contribution is 5.64. The van der Waals surface area contributed by atoms with Crippen LogP contribution in [0.25, 0.3) is 0 Å². The minimum Gasteiger partial charge on any atom is -0.457 e. The van der Waals surface area contributed by atoms with Crippen LogP contribution in [0, 0.1) is 13.8 Å². The lowest BCUT2D eigenvalue weighted by atomic mass is 9.98. The summed E-state index contributed by atoms with van der Waals surface area (Å²) < 4.78 is 6.05. The van der Waals surface area contributed by atoms with Crippen molar-refractivity contribution in [1.29, 1.82) is 0 Å². The molecule has 0 aliphatic carbocycles.